The number of carbonyl (C=O) groups excluding carboxylic acids is 2. The summed E-state index contributed by atoms with van der Waals surface area (Å²) in [5.74, 6) is -0.252. The monoisotopic (exact) mass is 251 g/mol. The molecular formula is C11H13N3O2S. The number of rotatable bonds is 2. The van der Waals surface area contributed by atoms with Crippen molar-refractivity contribution in [1.82, 2.24) is 10.2 Å². The van der Waals surface area contributed by atoms with Crippen LogP contribution in [-0.2, 0) is 4.79 Å². The van der Waals surface area contributed by atoms with Crippen LogP contribution in [-0.4, -0.2) is 36.3 Å². The van der Waals surface area contributed by atoms with Gasteiger partial charge in [0.1, 0.15) is 0 Å². The summed E-state index contributed by atoms with van der Waals surface area (Å²) in [5.41, 5.74) is 1.30. The van der Waals surface area contributed by atoms with E-state index in [1.54, 1.807) is 18.2 Å². The van der Waals surface area contributed by atoms with Crippen molar-refractivity contribution in [3.05, 3.63) is 29.8 Å². The summed E-state index contributed by atoms with van der Waals surface area (Å²) >= 11 is 3.93. The summed E-state index contributed by atoms with van der Waals surface area (Å²) < 4.78 is 2.68. The molecule has 1 saturated heterocycles. The zero-order valence-electron chi connectivity index (χ0n) is 9.14. The Bertz CT molecular complexity index is 450. The van der Waals surface area contributed by atoms with Crippen LogP contribution in [0.4, 0.5) is 5.69 Å². The SMILES string of the molecule is O=C1CN(C(=O)c2cccc(NS)c2)CCN1. The van der Waals surface area contributed by atoms with E-state index < -0.39 is 0 Å². The molecule has 6 heteroatoms. The molecule has 2 amide bonds. The number of hydrogen-bond acceptors (Lipinski definition) is 4. The zero-order chi connectivity index (χ0) is 12.3. The van der Waals surface area contributed by atoms with E-state index in [9.17, 15) is 9.59 Å². The largest absolute Gasteiger partial charge is 0.353 e. The highest BCUT2D eigenvalue weighted by Gasteiger charge is 2.22. The Kier molecular flexibility index (Phi) is 3.53. The van der Waals surface area contributed by atoms with E-state index in [4.69, 9.17) is 0 Å². The van der Waals surface area contributed by atoms with Crippen LogP contribution in [0.2, 0.25) is 0 Å². The lowest BCUT2D eigenvalue weighted by Gasteiger charge is -2.26. The van der Waals surface area contributed by atoms with Crippen molar-refractivity contribution < 1.29 is 9.59 Å². The van der Waals surface area contributed by atoms with Gasteiger partial charge in [0, 0.05) is 24.3 Å². The number of anilines is 1. The predicted molar refractivity (Wildman–Crippen MR) is 68.0 cm³/mol. The van der Waals surface area contributed by atoms with Gasteiger partial charge < -0.3 is 14.9 Å². The van der Waals surface area contributed by atoms with Crippen LogP contribution in [0.25, 0.3) is 0 Å². The number of carbonyl (C=O) groups is 2. The van der Waals surface area contributed by atoms with Crippen molar-refractivity contribution in [2.75, 3.05) is 24.4 Å². The van der Waals surface area contributed by atoms with Crippen LogP contribution in [0.5, 0.6) is 0 Å². The lowest BCUT2D eigenvalue weighted by atomic mass is 10.1. The summed E-state index contributed by atoms with van der Waals surface area (Å²) in [6.45, 7) is 1.18. The van der Waals surface area contributed by atoms with Crippen LogP contribution in [0.15, 0.2) is 24.3 Å². The predicted octanol–water partition coefficient (Wildman–Crippen LogP) is 0.515. The molecule has 1 fully saturated rings. The molecule has 5 nitrogen and oxygen atoms in total. The van der Waals surface area contributed by atoms with E-state index in [1.807, 2.05) is 6.07 Å². The van der Waals surface area contributed by atoms with Gasteiger partial charge in [-0.2, -0.15) is 0 Å². The third-order valence-corrected chi connectivity index (χ3v) is 2.82. The summed E-state index contributed by atoms with van der Waals surface area (Å²) in [6.07, 6.45) is 0. The minimum absolute atomic E-state index is 0.118. The smallest absolute Gasteiger partial charge is 0.254 e. The van der Waals surface area contributed by atoms with Gasteiger partial charge in [0.05, 0.1) is 6.54 Å². The van der Waals surface area contributed by atoms with Crippen molar-refractivity contribution in [3.8, 4) is 0 Å². The highest BCUT2D eigenvalue weighted by molar-refractivity contribution is 7.81. The zero-order valence-corrected chi connectivity index (χ0v) is 10.0. The molecule has 90 valence electrons. The quantitative estimate of drug-likeness (QED) is 0.671. The standard InChI is InChI=1S/C11H13N3O2S/c15-10-7-14(5-4-12-10)11(16)8-2-1-3-9(6-8)13-17/h1-3,6,13,17H,4-5,7H2,(H,12,15). The van der Waals surface area contributed by atoms with Crippen LogP contribution < -0.4 is 10.0 Å². The summed E-state index contributed by atoms with van der Waals surface area (Å²) in [4.78, 5) is 24.8. The van der Waals surface area contributed by atoms with Gasteiger partial charge in [-0.05, 0) is 18.2 Å². The molecule has 17 heavy (non-hydrogen) atoms. The van der Waals surface area contributed by atoms with E-state index >= 15 is 0 Å². The van der Waals surface area contributed by atoms with E-state index in [-0.39, 0.29) is 18.4 Å². The van der Waals surface area contributed by atoms with Crippen molar-refractivity contribution in [2.45, 2.75) is 0 Å². The molecule has 2 N–H and O–H groups in total. The Morgan fingerprint density at radius 1 is 1.47 bits per heavy atom. The molecule has 1 heterocycles. The molecule has 0 atom stereocenters. The Labute approximate surface area is 105 Å². The molecular weight excluding hydrogens is 238 g/mol. The van der Waals surface area contributed by atoms with Crippen LogP contribution >= 0.6 is 12.8 Å². The number of hydrogen-bond donors (Lipinski definition) is 3. The van der Waals surface area contributed by atoms with Crippen molar-refractivity contribution in [2.24, 2.45) is 0 Å². The fraction of sp³-hybridized carbons (Fsp3) is 0.273. The van der Waals surface area contributed by atoms with Gasteiger partial charge >= 0.3 is 0 Å². The van der Waals surface area contributed by atoms with Crippen LogP contribution in [0.3, 0.4) is 0 Å². The first-order valence-corrected chi connectivity index (χ1v) is 5.71. The van der Waals surface area contributed by atoms with Crippen LogP contribution in [0.1, 0.15) is 10.4 Å². The van der Waals surface area contributed by atoms with Crippen molar-refractivity contribution >= 4 is 30.3 Å². The fourth-order valence-corrected chi connectivity index (χ4v) is 1.86. The Hall–Kier alpha value is -1.69. The molecule has 0 unspecified atom stereocenters. The number of thiol groups is 1. The molecule has 1 aromatic rings. The molecule has 1 aliphatic rings. The molecule has 1 aliphatic heterocycles. The minimum atomic E-state index is -0.134. The molecule has 0 spiro atoms. The van der Waals surface area contributed by atoms with E-state index in [0.717, 1.165) is 5.69 Å². The third-order valence-electron chi connectivity index (χ3n) is 2.56. The van der Waals surface area contributed by atoms with E-state index in [2.05, 4.69) is 22.9 Å². The van der Waals surface area contributed by atoms with Gasteiger partial charge in [0.25, 0.3) is 5.91 Å². The van der Waals surface area contributed by atoms with Gasteiger partial charge in [0.15, 0.2) is 0 Å². The van der Waals surface area contributed by atoms with Gasteiger partial charge in [-0.25, -0.2) is 0 Å². The highest BCUT2D eigenvalue weighted by Crippen LogP contribution is 2.13. The molecule has 0 saturated carbocycles. The first kappa shape index (κ1) is 11.8. The second-order valence-electron chi connectivity index (χ2n) is 3.77. The number of amides is 2. The van der Waals surface area contributed by atoms with Crippen LogP contribution in [0, 0.1) is 0 Å². The fourth-order valence-electron chi connectivity index (χ4n) is 1.72. The third kappa shape index (κ3) is 2.71. The summed E-state index contributed by atoms with van der Waals surface area (Å²) in [7, 11) is 0. The molecule has 0 aromatic heterocycles. The second-order valence-corrected chi connectivity index (χ2v) is 3.99. The molecule has 0 aliphatic carbocycles. The van der Waals surface area contributed by atoms with Gasteiger partial charge in [-0.3, -0.25) is 9.59 Å². The Morgan fingerprint density at radius 3 is 3.00 bits per heavy atom. The van der Waals surface area contributed by atoms with Crippen molar-refractivity contribution in [1.29, 1.82) is 0 Å². The molecule has 1 aromatic carbocycles. The maximum Gasteiger partial charge on any atom is 0.254 e. The molecule has 0 bridgehead atoms. The maximum absolute atomic E-state index is 12.1. The number of benzene rings is 1. The lowest BCUT2D eigenvalue weighted by molar-refractivity contribution is -0.123. The normalized spacial score (nSPS) is 15.4. The molecule has 0 radical (unpaired) electrons. The number of nitrogens with zero attached hydrogens (tertiary/aromatic N) is 1. The first-order valence-electron chi connectivity index (χ1n) is 5.27. The Morgan fingerprint density at radius 2 is 2.29 bits per heavy atom. The van der Waals surface area contributed by atoms with Gasteiger partial charge in [-0.15, -0.1) is 0 Å². The van der Waals surface area contributed by atoms with Gasteiger partial charge in [0.2, 0.25) is 5.91 Å². The van der Waals surface area contributed by atoms with Gasteiger partial charge in [-0.1, -0.05) is 18.9 Å². The topological polar surface area (TPSA) is 61.4 Å². The minimum Gasteiger partial charge on any atom is -0.353 e. The summed E-state index contributed by atoms with van der Waals surface area (Å²) in [6, 6.07) is 7.02. The summed E-state index contributed by atoms with van der Waals surface area (Å²) in [5, 5.41) is 2.68. The lowest BCUT2D eigenvalue weighted by Crippen LogP contribution is -2.49. The maximum atomic E-state index is 12.1. The highest BCUT2D eigenvalue weighted by atomic mass is 32.1. The average molecular weight is 251 g/mol. The van der Waals surface area contributed by atoms with E-state index in [0.29, 0.717) is 18.7 Å². The first-order chi connectivity index (χ1) is 8.20. The molecule has 2 rings (SSSR count). The van der Waals surface area contributed by atoms with E-state index in [1.165, 1.54) is 4.90 Å². The van der Waals surface area contributed by atoms with Crippen molar-refractivity contribution in [3.63, 3.8) is 0 Å². The second kappa shape index (κ2) is 5.09. The number of piperazine rings is 1. The average Bonchev–Trinajstić information content (AvgIpc) is 2.38. The number of nitrogens with one attached hydrogen (secondary N) is 2. The Balaban J connectivity index is 2.15.